The van der Waals surface area contributed by atoms with Crippen LogP contribution in [0.3, 0.4) is 0 Å². The molecule has 1 aliphatic carbocycles. The van der Waals surface area contributed by atoms with Gasteiger partial charge in [0, 0.05) is 12.3 Å². The van der Waals surface area contributed by atoms with E-state index >= 15 is 0 Å². The van der Waals surface area contributed by atoms with Gasteiger partial charge in [0.2, 0.25) is 6.29 Å². The van der Waals surface area contributed by atoms with Gasteiger partial charge in [0.1, 0.15) is 12.6 Å². The Kier molecular flexibility index (Phi) is 5.20. The number of amides is 1. The van der Waals surface area contributed by atoms with Crippen molar-refractivity contribution in [1.82, 2.24) is 5.32 Å². The van der Waals surface area contributed by atoms with E-state index in [1.165, 1.54) is 11.1 Å². The number of benzene rings is 3. The van der Waals surface area contributed by atoms with Crippen LogP contribution in [0.4, 0.5) is 4.79 Å². The van der Waals surface area contributed by atoms with Gasteiger partial charge in [0.05, 0.1) is 0 Å². The van der Waals surface area contributed by atoms with Gasteiger partial charge >= 0.3 is 6.09 Å². The number of fused-ring (bicyclic) bond motifs is 3. The Balaban J connectivity index is 1.41. The van der Waals surface area contributed by atoms with Gasteiger partial charge in [-0.3, -0.25) is 4.79 Å². The molecule has 0 fully saturated rings. The standard InChI is InChI=1S/C24H20NO3/c26-15-18(14-17-8-2-1-3-9-17)25-24(27)28-16-23-21-12-6-4-10-19(21)20-11-5-7-13-22(20)23/h1-13,18,23H,14,16H2,(H,25,27)/t18-/m0/s1. The Morgan fingerprint density at radius 2 is 1.46 bits per heavy atom. The van der Waals surface area contributed by atoms with Crippen LogP contribution in [0, 0.1) is 0 Å². The highest BCUT2D eigenvalue weighted by atomic mass is 16.5. The zero-order valence-corrected chi connectivity index (χ0v) is 15.3. The van der Waals surface area contributed by atoms with Crippen LogP contribution in [-0.2, 0) is 16.0 Å². The molecule has 139 valence electrons. The predicted molar refractivity (Wildman–Crippen MR) is 108 cm³/mol. The monoisotopic (exact) mass is 370 g/mol. The minimum atomic E-state index is -0.738. The summed E-state index contributed by atoms with van der Waals surface area (Å²) in [5.41, 5.74) is 5.61. The summed E-state index contributed by atoms with van der Waals surface area (Å²) in [6, 6.07) is 25.1. The van der Waals surface area contributed by atoms with Crippen LogP contribution < -0.4 is 5.32 Å². The first-order chi connectivity index (χ1) is 13.8. The molecular formula is C24H20NO3. The minimum absolute atomic E-state index is 0.00839. The van der Waals surface area contributed by atoms with Crippen molar-refractivity contribution in [3.8, 4) is 11.1 Å². The molecular weight excluding hydrogens is 350 g/mol. The van der Waals surface area contributed by atoms with Crippen molar-refractivity contribution in [3.05, 3.63) is 95.6 Å². The highest BCUT2D eigenvalue weighted by molar-refractivity contribution is 5.79. The Hall–Kier alpha value is -3.40. The van der Waals surface area contributed by atoms with E-state index in [9.17, 15) is 9.59 Å². The number of rotatable bonds is 6. The smallest absolute Gasteiger partial charge is 0.407 e. The summed E-state index contributed by atoms with van der Waals surface area (Å²) >= 11 is 0. The molecule has 28 heavy (non-hydrogen) atoms. The topological polar surface area (TPSA) is 55.4 Å². The van der Waals surface area contributed by atoms with E-state index in [-0.39, 0.29) is 12.5 Å². The van der Waals surface area contributed by atoms with Crippen LogP contribution in [0.2, 0.25) is 0 Å². The van der Waals surface area contributed by atoms with Crippen molar-refractivity contribution in [1.29, 1.82) is 0 Å². The summed E-state index contributed by atoms with van der Waals surface area (Å²) in [7, 11) is 0. The molecule has 0 spiro atoms. The molecule has 1 atom stereocenters. The number of alkyl carbamates (subject to hydrolysis) is 1. The molecule has 0 aromatic heterocycles. The van der Waals surface area contributed by atoms with E-state index in [1.807, 2.05) is 60.9 Å². The van der Waals surface area contributed by atoms with Crippen LogP contribution in [-0.4, -0.2) is 25.0 Å². The molecule has 4 rings (SSSR count). The van der Waals surface area contributed by atoms with Gasteiger partial charge in [-0.25, -0.2) is 4.79 Å². The van der Waals surface area contributed by atoms with Crippen molar-refractivity contribution >= 4 is 12.4 Å². The summed E-state index contributed by atoms with van der Waals surface area (Å²) in [6.07, 6.45) is 1.66. The molecule has 0 aliphatic heterocycles. The van der Waals surface area contributed by atoms with Gasteiger partial charge in [-0.1, -0.05) is 78.9 Å². The molecule has 0 heterocycles. The Morgan fingerprint density at radius 3 is 2.07 bits per heavy atom. The van der Waals surface area contributed by atoms with E-state index in [0.717, 1.165) is 16.7 Å². The Bertz CT molecular complexity index is 938. The molecule has 1 aliphatic rings. The summed E-state index contributed by atoms with van der Waals surface area (Å²) in [5, 5.41) is 2.60. The molecule has 1 radical (unpaired) electrons. The van der Waals surface area contributed by atoms with E-state index in [1.54, 1.807) is 0 Å². The average molecular weight is 370 g/mol. The normalized spacial score (nSPS) is 13.3. The number of carbonyl (C=O) groups excluding carboxylic acids is 2. The fourth-order valence-corrected chi connectivity index (χ4v) is 3.75. The molecule has 4 nitrogen and oxygen atoms in total. The third-order valence-electron chi connectivity index (χ3n) is 5.06. The summed E-state index contributed by atoms with van der Waals surface area (Å²) in [4.78, 5) is 23.5. The number of nitrogens with one attached hydrogen (secondary N) is 1. The van der Waals surface area contributed by atoms with Gasteiger partial charge in [-0.15, -0.1) is 0 Å². The van der Waals surface area contributed by atoms with Gasteiger partial charge in [0.25, 0.3) is 0 Å². The lowest BCUT2D eigenvalue weighted by molar-refractivity contribution is 0.141. The van der Waals surface area contributed by atoms with Crippen molar-refractivity contribution in [2.75, 3.05) is 6.61 Å². The fourth-order valence-electron chi connectivity index (χ4n) is 3.75. The Morgan fingerprint density at radius 1 is 0.893 bits per heavy atom. The number of ether oxygens (including phenoxy) is 1. The van der Waals surface area contributed by atoms with Crippen LogP contribution in [0.15, 0.2) is 78.9 Å². The summed E-state index contributed by atoms with van der Waals surface area (Å²) in [6.45, 7) is 0.219. The van der Waals surface area contributed by atoms with E-state index in [4.69, 9.17) is 4.74 Å². The average Bonchev–Trinajstić information content (AvgIpc) is 3.06. The second-order valence-electron chi connectivity index (χ2n) is 6.83. The van der Waals surface area contributed by atoms with Gasteiger partial charge in [0.15, 0.2) is 0 Å². The molecule has 1 N–H and O–H groups in total. The van der Waals surface area contributed by atoms with Crippen LogP contribution >= 0.6 is 0 Å². The van der Waals surface area contributed by atoms with E-state index < -0.39 is 12.1 Å². The minimum Gasteiger partial charge on any atom is -0.449 e. The molecule has 3 aromatic rings. The van der Waals surface area contributed by atoms with Crippen LogP contribution in [0.1, 0.15) is 22.6 Å². The Labute approximate surface area is 164 Å². The van der Waals surface area contributed by atoms with Crippen LogP contribution in [0.5, 0.6) is 0 Å². The maximum absolute atomic E-state index is 12.3. The van der Waals surface area contributed by atoms with Crippen molar-refractivity contribution < 1.29 is 14.3 Å². The van der Waals surface area contributed by atoms with E-state index in [2.05, 4.69) is 29.6 Å². The molecule has 4 heteroatoms. The largest absolute Gasteiger partial charge is 0.449 e. The third kappa shape index (κ3) is 3.67. The SMILES string of the molecule is O=[C][C@H](Cc1ccccc1)NC(=O)OCC1c2ccccc2-c2ccccc21. The second-order valence-corrected chi connectivity index (χ2v) is 6.83. The van der Waals surface area contributed by atoms with Crippen molar-refractivity contribution in [2.45, 2.75) is 18.4 Å². The van der Waals surface area contributed by atoms with Crippen molar-refractivity contribution in [3.63, 3.8) is 0 Å². The van der Waals surface area contributed by atoms with Gasteiger partial charge in [-0.2, -0.15) is 0 Å². The molecule has 0 saturated heterocycles. The maximum Gasteiger partial charge on any atom is 0.407 e. The second kappa shape index (κ2) is 8.09. The number of hydrogen-bond acceptors (Lipinski definition) is 3. The fraction of sp³-hybridized carbons (Fsp3) is 0.167. The zero-order chi connectivity index (χ0) is 19.3. The van der Waals surface area contributed by atoms with Gasteiger partial charge in [-0.05, 0) is 27.8 Å². The van der Waals surface area contributed by atoms with Crippen LogP contribution in [0.25, 0.3) is 11.1 Å². The zero-order valence-electron chi connectivity index (χ0n) is 15.3. The lowest BCUT2D eigenvalue weighted by Gasteiger charge is -2.16. The van der Waals surface area contributed by atoms with E-state index in [0.29, 0.717) is 6.42 Å². The first-order valence-corrected chi connectivity index (χ1v) is 9.29. The first-order valence-electron chi connectivity index (χ1n) is 9.29. The first kappa shape index (κ1) is 18.0. The molecule has 1 amide bonds. The molecule has 0 saturated carbocycles. The number of hydrogen-bond donors (Lipinski definition) is 1. The number of carbonyl (C=O) groups is 1. The predicted octanol–water partition coefficient (Wildman–Crippen LogP) is 4.25. The maximum atomic E-state index is 12.3. The highest BCUT2D eigenvalue weighted by Crippen LogP contribution is 2.44. The lowest BCUT2D eigenvalue weighted by Crippen LogP contribution is -2.38. The molecule has 0 unspecified atom stereocenters. The molecule has 3 aromatic carbocycles. The quantitative estimate of drug-likeness (QED) is 0.706. The van der Waals surface area contributed by atoms with Gasteiger partial charge < -0.3 is 10.1 Å². The molecule has 0 bridgehead atoms. The van der Waals surface area contributed by atoms with Crippen molar-refractivity contribution in [2.24, 2.45) is 0 Å². The third-order valence-corrected chi connectivity index (χ3v) is 5.06. The highest BCUT2D eigenvalue weighted by Gasteiger charge is 2.29. The lowest BCUT2D eigenvalue weighted by atomic mass is 9.98. The summed E-state index contributed by atoms with van der Waals surface area (Å²) in [5.74, 6) is -0.00839. The summed E-state index contributed by atoms with van der Waals surface area (Å²) < 4.78 is 5.48.